The first-order valence-electron chi connectivity index (χ1n) is 5.98. The average Bonchev–Trinajstić information content (AvgIpc) is 2.38. The third-order valence-electron chi connectivity index (χ3n) is 2.75. The van der Waals surface area contributed by atoms with Crippen LogP contribution >= 0.6 is 11.6 Å². The Balaban J connectivity index is 2.10. The van der Waals surface area contributed by atoms with Gasteiger partial charge in [0.25, 0.3) is 0 Å². The van der Waals surface area contributed by atoms with E-state index in [0.29, 0.717) is 12.0 Å². The van der Waals surface area contributed by atoms with Crippen molar-refractivity contribution in [3.05, 3.63) is 65.5 Å². The van der Waals surface area contributed by atoms with E-state index in [1.165, 1.54) is 24.3 Å². The molecule has 0 bridgehead atoms. The lowest BCUT2D eigenvalue weighted by Gasteiger charge is -2.12. The van der Waals surface area contributed by atoms with E-state index in [0.717, 1.165) is 5.56 Å². The average molecular weight is 301 g/mol. The predicted octanol–water partition coefficient (Wildman–Crippen LogP) is 4.95. The predicted molar refractivity (Wildman–Crippen MR) is 71.8 cm³/mol. The van der Waals surface area contributed by atoms with Gasteiger partial charge in [-0.15, -0.1) is 11.6 Å². The van der Waals surface area contributed by atoms with Crippen LogP contribution in [0.25, 0.3) is 0 Å². The van der Waals surface area contributed by atoms with Crippen LogP contribution in [-0.4, -0.2) is 6.61 Å². The van der Waals surface area contributed by atoms with E-state index in [-0.39, 0.29) is 11.6 Å². The number of alkyl halides is 3. The van der Waals surface area contributed by atoms with Crippen LogP contribution in [0.5, 0.6) is 5.75 Å². The van der Waals surface area contributed by atoms with Gasteiger partial charge in [-0.2, -0.15) is 8.78 Å². The van der Waals surface area contributed by atoms with Crippen LogP contribution in [0.1, 0.15) is 16.5 Å². The lowest BCUT2D eigenvalue weighted by Crippen LogP contribution is -2.03. The number of rotatable bonds is 5. The van der Waals surface area contributed by atoms with Crippen molar-refractivity contribution in [1.82, 2.24) is 0 Å². The first kappa shape index (κ1) is 14.7. The van der Waals surface area contributed by atoms with Crippen molar-refractivity contribution in [3.8, 4) is 5.75 Å². The molecule has 1 unspecified atom stereocenters. The highest BCUT2D eigenvalue weighted by atomic mass is 35.5. The molecule has 2 rings (SSSR count). The van der Waals surface area contributed by atoms with E-state index in [2.05, 4.69) is 4.74 Å². The molecule has 5 heteroatoms. The molecule has 1 nitrogen and oxygen atoms in total. The van der Waals surface area contributed by atoms with E-state index in [9.17, 15) is 13.2 Å². The molecule has 0 spiro atoms. The molecule has 0 radical (unpaired) electrons. The molecule has 0 aromatic heterocycles. The van der Waals surface area contributed by atoms with Gasteiger partial charge in [0.05, 0.1) is 5.38 Å². The summed E-state index contributed by atoms with van der Waals surface area (Å²) >= 11 is 6.24. The fraction of sp³-hybridized carbons (Fsp3) is 0.200. The Morgan fingerprint density at radius 2 is 1.80 bits per heavy atom. The third-order valence-corrected chi connectivity index (χ3v) is 3.16. The molecule has 0 fully saturated rings. The van der Waals surface area contributed by atoms with Gasteiger partial charge < -0.3 is 4.74 Å². The molecule has 0 aliphatic rings. The number of ether oxygens (including phenoxy) is 1. The van der Waals surface area contributed by atoms with E-state index in [1.807, 2.05) is 0 Å². The largest absolute Gasteiger partial charge is 0.435 e. The lowest BCUT2D eigenvalue weighted by molar-refractivity contribution is -0.0498. The molecule has 0 N–H and O–H groups in total. The highest BCUT2D eigenvalue weighted by Crippen LogP contribution is 2.28. The first-order chi connectivity index (χ1) is 9.54. The van der Waals surface area contributed by atoms with Crippen molar-refractivity contribution in [2.45, 2.75) is 18.4 Å². The second-order valence-corrected chi connectivity index (χ2v) is 4.78. The van der Waals surface area contributed by atoms with Gasteiger partial charge >= 0.3 is 6.61 Å². The molecule has 0 heterocycles. The van der Waals surface area contributed by atoms with E-state index in [1.54, 1.807) is 24.3 Å². The molecule has 0 amide bonds. The summed E-state index contributed by atoms with van der Waals surface area (Å²) in [4.78, 5) is 0. The van der Waals surface area contributed by atoms with Crippen LogP contribution in [0, 0.1) is 5.82 Å². The zero-order chi connectivity index (χ0) is 14.5. The number of benzene rings is 2. The van der Waals surface area contributed by atoms with Crippen LogP contribution < -0.4 is 4.74 Å². The Hall–Kier alpha value is -1.68. The summed E-state index contributed by atoms with van der Waals surface area (Å²) in [5, 5.41) is -0.446. The molecule has 2 aromatic rings. The van der Waals surface area contributed by atoms with Crippen LogP contribution in [0.15, 0.2) is 48.5 Å². The third kappa shape index (κ3) is 4.17. The second-order valence-electron chi connectivity index (χ2n) is 4.25. The summed E-state index contributed by atoms with van der Waals surface area (Å²) in [6, 6.07) is 12.3. The molecular weight excluding hydrogens is 289 g/mol. The Kier molecular flexibility index (Phi) is 4.90. The fourth-order valence-electron chi connectivity index (χ4n) is 1.87. The van der Waals surface area contributed by atoms with E-state index < -0.39 is 12.0 Å². The van der Waals surface area contributed by atoms with Crippen molar-refractivity contribution in [3.63, 3.8) is 0 Å². The van der Waals surface area contributed by atoms with Crippen molar-refractivity contribution in [2.75, 3.05) is 0 Å². The molecule has 0 saturated heterocycles. The smallest absolute Gasteiger partial charge is 0.387 e. The molecule has 0 aliphatic heterocycles. The minimum Gasteiger partial charge on any atom is -0.435 e. The van der Waals surface area contributed by atoms with Gasteiger partial charge in [0, 0.05) is 0 Å². The molecule has 1 atom stereocenters. The van der Waals surface area contributed by atoms with Gasteiger partial charge in [-0.1, -0.05) is 24.3 Å². The maximum absolute atomic E-state index is 13.1. The van der Waals surface area contributed by atoms with Crippen molar-refractivity contribution in [1.29, 1.82) is 0 Å². The standard InChI is InChI=1S/C15H12ClF3O/c16-14(8-10-3-1-5-12(17)7-10)11-4-2-6-13(9-11)20-15(18)19/h1-7,9,14-15H,8H2. The topological polar surface area (TPSA) is 9.23 Å². The maximum atomic E-state index is 13.1. The Bertz CT molecular complexity index is 575. The van der Waals surface area contributed by atoms with Gasteiger partial charge in [0.1, 0.15) is 11.6 Å². The lowest BCUT2D eigenvalue weighted by atomic mass is 10.0. The molecule has 106 valence electrons. The van der Waals surface area contributed by atoms with Crippen molar-refractivity contribution in [2.24, 2.45) is 0 Å². The zero-order valence-electron chi connectivity index (χ0n) is 10.4. The summed E-state index contributed by atoms with van der Waals surface area (Å²) in [7, 11) is 0. The highest BCUT2D eigenvalue weighted by Gasteiger charge is 2.12. The first-order valence-corrected chi connectivity index (χ1v) is 6.41. The summed E-state index contributed by atoms with van der Waals surface area (Å²) < 4.78 is 41.7. The second kappa shape index (κ2) is 6.66. The minimum atomic E-state index is -2.87. The van der Waals surface area contributed by atoms with Crippen LogP contribution in [0.2, 0.25) is 0 Å². The molecule has 0 aliphatic carbocycles. The SMILES string of the molecule is Fc1cccc(CC(Cl)c2cccc(OC(F)F)c2)c1. The van der Waals surface area contributed by atoms with Gasteiger partial charge in [-0.05, 0) is 41.8 Å². The van der Waals surface area contributed by atoms with E-state index in [4.69, 9.17) is 11.6 Å². The quantitative estimate of drug-likeness (QED) is 0.710. The van der Waals surface area contributed by atoms with Crippen LogP contribution in [-0.2, 0) is 6.42 Å². The van der Waals surface area contributed by atoms with Crippen LogP contribution in [0.4, 0.5) is 13.2 Å². The summed E-state index contributed by atoms with van der Waals surface area (Å²) in [6.45, 7) is -2.87. The molecular formula is C15H12ClF3O. The normalized spacial score (nSPS) is 12.4. The Morgan fingerprint density at radius 1 is 1.05 bits per heavy atom. The zero-order valence-corrected chi connectivity index (χ0v) is 11.2. The Morgan fingerprint density at radius 3 is 2.50 bits per heavy atom. The highest BCUT2D eigenvalue weighted by molar-refractivity contribution is 6.20. The number of hydrogen-bond acceptors (Lipinski definition) is 1. The van der Waals surface area contributed by atoms with Gasteiger partial charge in [-0.3, -0.25) is 0 Å². The van der Waals surface area contributed by atoms with Crippen LogP contribution in [0.3, 0.4) is 0 Å². The number of halogens is 4. The maximum Gasteiger partial charge on any atom is 0.387 e. The van der Waals surface area contributed by atoms with E-state index >= 15 is 0 Å². The van der Waals surface area contributed by atoms with Gasteiger partial charge in [-0.25, -0.2) is 4.39 Å². The Labute approximate surface area is 119 Å². The summed E-state index contributed by atoms with van der Waals surface area (Å²) in [6.07, 6.45) is 0.400. The molecule has 20 heavy (non-hydrogen) atoms. The molecule has 2 aromatic carbocycles. The summed E-state index contributed by atoms with van der Waals surface area (Å²) in [5.41, 5.74) is 1.39. The minimum absolute atomic E-state index is 0.0578. The van der Waals surface area contributed by atoms with Gasteiger partial charge in [0.15, 0.2) is 0 Å². The monoisotopic (exact) mass is 300 g/mol. The summed E-state index contributed by atoms with van der Waals surface area (Å²) in [5.74, 6) is -0.274. The number of hydrogen-bond donors (Lipinski definition) is 0. The van der Waals surface area contributed by atoms with Crippen molar-refractivity contribution >= 4 is 11.6 Å². The van der Waals surface area contributed by atoms with Gasteiger partial charge in [0.2, 0.25) is 0 Å². The van der Waals surface area contributed by atoms with Crippen molar-refractivity contribution < 1.29 is 17.9 Å². The fourth-order valence-corrected chi connectivity index (χ4v) is 2.19. The molecule has 0 saturated carbocycles.